The normalized spacial score (nSPS) is 13.8. The summed E-state index contributed by atoms with van der Waals surface area (Å²) in [5.41, 5.74) is 9.32. The van der Waals surface area contributed by atoms with Crippen molar-refractivity contribution in [1.29, 1.82) is 0 Å². The highest BCUT2D eigenvalue weighted by atomic mass is 32.2. The summed E-state index contributed by atoms with van der Waals surface area (Å²) in [4.78, 5) is 14.8. The predicted molar refractivity (Wildman–Crippen MR) is 98.3 cm³/mol. The number of nitrogens with zero attached hydrogens (tertiary/aromatic N) is 1. The van der Waals surface area contributed by atoms with Crippen LogP contribution in [-0.4, -0.2) is 27.4 Å². The number of anilines is 2. The van der Waals surface area contributed by atoms with Crippen LogP contribution in [0.15, 0.2) is 41.3 Å². The van der Waals surface area contributed by atoms with E-state index in [2.05, 4.69) is 4.72 Å². The molecule has 0 bridgehead atoms. The number of benzene rings is 2. The molecule has 3 rings (SSSR count). The third kappa shape index (κ3) is 3.25. The minimum atomic E-state index is -3.57. The van der Waals surface area contributed by atoms with E-state index in [9.17, 15) is 13.2 Å². The number of amides is 1. The highest BCUT2D eigenvalue weighted by Gasteiger charge is 2.28. The highest BCUT2D eigenvalue weighted by Crippen LogP contribution is 2.32. The van der Waals surface area contributed by atoms with Crippen LogP contribution in [0.5, 0.6) is 0 Å². The second kappa shape index (κ2) is 6.50. The Labute approximate surface area is 147 Å². The van der Waals surface area contributed by atoms with Gasteiger partial charge in [-0.2, -0.15) is 0 Å². The molecule has 1 amide bonds. The molecule has 7 heteroatoms. The van der Waals surface area contributed by atoms with E-state index in [1.165, 1.54) is 0 Å². The summed E-state index contributed by atoms with van der Waals surface area (Å²) in [5.74, 6) is -0.165. The summed E-state index contributed by atoms with van der Waals surface area (Å²) in [5, 5.41) is 0. The van der Waals surface area contributed by atoms with Crippen molar-refractivity contribution in [1.82, 2.24) is 4.72 Å². The molecule has 1 aliphatic rings. The Hall–Kier alpha value is -2.38. The van der Waals surface area contributed by atoms with Gasteiger partial charge in [0.05, 0.1) is 4.90 Å². The van der Waals surface area contributed by atoms with Crippen molar-refractivity contribution in [3.63, 3.8) is 0 Å². The zero-order chi connectivity index (χ0) is 18.2. The number of nitrogens with one attached hydrogen (secondary N) is 1. The number of carbonyl (C=O) groups excluding carboxylic acids is 1. The largest absolute Gasteiger partial charge is 0.399 e. The molecule has 0 saturated carbocycles. The van der Waals surface area contributed by atoms with E-state index in [0.717, 1.165) is 11.1 Å². The van der Waals surface area contributed by atoms with Crippen molar-refractivity contribution in [3.05, 3.63) is 53.1 Å². The molecule has 0 aliphatic carbocycles. The Morgan fingerprint density at radius 3 is 2.72 bits per heavy atom. The fourth-order valence-electron chi connectivity index (χ4n) is 3.03. The Morgan fingerprint density at radius 2 is 2.00 bits per heavy atom. The number of nitrogen functional groups attached to an aromatic ring is 1. The van der Waals surface area contributed by atoms with Crippen molar-refractivity contribution in [2.75, 3.05) is 23.7 Å². The van der Waals surface area contributed by atoms with Crippen LogP contribution < -0.4 is 15.4 Å². The number of carbonyl (C=O) groups is 1. The lowest BCUT2D eigenvalue weighted by Gasteiger charge is -2.19. The molecule has 0 aromatic heterocycles. The molecule has 25 heavy (non-hydrogen) atoms. The monoisotopic (exact) mass is 359 g/mol. The van der Waals surface area contributed by atoms with E-state index in [1.807, 2.05) is 13.0 Å². The van der Waals surface area contributed by atoms with Crippen LogP contribution in [0.4, 0.5) is 11.4 Å². The Morgan fingerprint density at radius 1 is 1.24 bits per heavy atom. The standard InChI is InChI=1S/C18H21N3O3S/c1-3-20-25(23,24)15-7-5-13-8-9-21(17(13)11-15)18(22)16-10-14(19)6-4-12(16)2/h4-7,10-11,20H,3,8-9,19H2,1-2H3. The molecule has 2 aromatic rings. The maximum Gasteiger partial charge on any atom is 0.258 e. The van der Waals surface area contributed by atoms with E-state index in [1.54, 1.807) is 42.2 Å². The van der Waals surface area contributed by atoms with Crippen molar-refractivity contribution >= 4 is 27.3 Å². The van der Waals surface area contributed by atoms with Crippen LogP contribution in [0.25, 0.3) is 0 Å². The fraction of sp³-hybridized carbons (Fsp3) is 0.278. The SMILES string of the molecule is CCNS(=O)(=O)c1ccc2c(c1)N(C(=O)c1cc(N)ccc1C)CC2. The molecule has 1 heterocycles. The quantitative estimate of drug-likeness (QED) is 0.818. The maximum atomic E-state index is 13.0. The van der Waals surface area contributed by atoms with Crippen LogP contribution in [0.2, 0.25) is 0 Å². The van der Waals surface area contributed by atoms with E-state index in [4.69, 9.17) is 5.73 Å². The van der Waals surface area contributed by atoms with E-state index in [-0.39, 0.29) is 10.8 Å². The van der Waals surface area contributed by atoms with Crippen LogP contribution in [0.1, 0.15) is 28.4 Å². The minimum absolute atomic E-state index is 0.164. The van der Waals surface area contributed by atoms with E-state index in [0.29, 0.717) is 36.4 Å². The summed E-state index contributed by atoms with van der Waals surface area (Å²) in [6.45, 7) is 4.41. The smallest absolute Gasteiger partial charge is 0.258 e. The molecular formula is C18H21N3O3S. The summed E-state index contributed by atoms with van der Waals surface area (Å²) in [6, 6.07) is 10.2. The zero-order valence-electron chi connectivity index (χ0n) is 14.2. The minimum Gasteiger partial charge on any atom is -0.399 e. The third-order valence-electron chi connectivity index (χ3n) is 4.33. The first-order chi connectivity index (χ1) is 11.8. The molecule has 2 aromatic carbocycles. The second-order valence-corrected chi connectivity index (χ2v) is 7.84. The van der Waals surface area contributed by atoms with Gasteiger partial charge in [0.25, 0.3) is 5.91 Å². The predicted octanol–water partition coefficient (Wildman–Crippen LogP) is 2.08. The average molecular weight is 359 g/mol. The number of aryl methyl sites for hydroxylation is 1. The number of hydrogen-bond donors (Lipinski definition) is 2. The number of fused-ring (bicyclic) bond motifs is 1. The zero-order valence-corrected chi connectivity index (χ0v) is 15.1. The molecule has 0 radical (unpaired) electrons. The number of hydrogen-bond acceptors (Lipinski definition) is 4. The second-order valence-electron chi connectivity index (χ2n) is 6.07. The van der Waals surface area contributed by atoms with Gasteiger partial charge in [0.2, 0.25) is 10.0 Å². The lowest BCUT2D eigenvalue weighted by molar-refractivity contribution is 0.0989. The lowest BCUT2D eigenvalue weighted by atomic mass is 10.1. The molecule has 0 spiro atoms. The summed E-state index contributed by atoms with van der Waals surface area (Å²) < 4.78 is 27.0. The Bertz CT molecular complexity index is 939. The summed E-state index contributed by atoms with van der Waals surface area (Å²) >= 11 is 0. The van der Waals surface area contributed by atoms with Crippen molar-refractivity contribution in [3.8, 4) is 0 Å². The van der Waals surface area contributed by atoms with Gasteiger partial charge in [-0.15, -0.1) is 0 Å². The average Bonchev–Trinajstić information content (AvgIpc) is 2.99. The first-order valence-corrected chi connectivity index (χ1v) is 9.62. The topological polar surface area (TPSA) is 92.5 Å². The molecule has 6 nitrogen and oxygen atoms in total. The van der Waals surface area contributed by atoms with Gasteiger partial charge in [-0.05, 0) is 48.7 Å². The van der Waals surface area contributed by atoms with Crippen LogP contribution in [0.3, 0.4) is 0 Å². The fourth-order valence-corrected chi connectivity index (χ4v) is 4.09. The van der Waals surface area contributed by atoms with Gasteiger partial charge in [-0.25, -0.2) is 13.1 Å². The number of sulfonamides is 1. The van der Waals surface area contributed by atoms with Gasteiger partial charge < -0.3 is 10.6 Å². The van der Waals surface area contributed by atoms with Gasteiger partial charge >= 0.3 is 0 Å². The maximum absolute atomic E-state index is 13.0. The van der Waals surface area contributed by atoms with Gasteiger partial charge in [0, 0.05) is 30.0 Å². The van der Waals surface area contributed by atoms with Gasteiger partial charge in [0.15, 0.2) is 0 Å². The molecule has 132 valence electrons. The lowest BCUT2D eigenvalue weighted by Crippen LogP contribution is -2.30. The van der Waals surface area contributed by atoms with Gasteiger partial charge in [0.1, 0.15) is 0 Å². The molecule has 0 unspecified atom stereocenters. The van der Waals surface area contributed by atoms with E-state index >= 15 is 0 Å². The highest BCUT2D eigenvalue weighted by molar-refractivity contribution is 7.89. The number of rotatable bonds is 4. The molecule has 3 N–H and O–H groups in total. The molecule has 0 fully saturated rings. The molecule has 0 atom stereocenters. The Balaban J connectivity index is 2.01. The summed E-state index contributed by atoms with van der Waals surface area (Å²) in [6.07, 6.45) is 0.698. The molecular weight excluding hydrogens is 338 g/mol. The van der Waals surface area contributed by atoms with Crippen LogP contribution in [-0.2, 0) is 16.4 Å². The van der Waals surface area contributed by atoms with E-state index < -0.39 is 10.0 Å². The van der Waals surface area contributed by atoms with Crippen molar-refractivity contribution in [2.24, 2.45) is 0 Å². The van der Waals surface area contributed by atoms with Crippen LogP contribution in [0, 0.1) is 6.92 Å². The van der Waals surface area contributed by atoms with Gasteiger partial charge in [-0.1, -0.05) is 19.1 Å². The third-order valence-corrected chi connectivity index (χ3v) is 5.88. The van der Waals surface area contributed by atoms with Crippen molar-refractivity contribution < 1.29 is 13.2 Å². The van der Waals surface area contributed by atoms with Crippen LogP contribution >= 0.6 is 0 Å². The first-order valence-electron chi connectivity index (χ1n) is 8.14. The van der Waals surface area contributed by atoms with Crippen molar-refractivity contribution in [2.45, 2.75) is 25.2 Å². The first kappa shape index (κ1) is 17.4. The molecule has 0 saturated heterocycles. The summed E-state index contributed by atoms with van der Waals surface area (Å²) in [7, 11) is -3.57. The van der Waals surface area contributed by atoms with Gasteiger partial charge in [-0.3, -0.25) is 4.79 Å². The molecule has 1 aliphatic heterocycles. The number of nitrogens with two attached hydrogens (primary N) is 1. The Kier molecular flexibility index (Phi) is 4.53.